The highest BCUT2D eigenvalue weighted by atomic mass is 35.5. The van der Waals surface area contributed by atoms with E-state index in [4.69, 9.17) is 32.4 Å². The van der Waals surface area contributed by atoms with Crippen LogP contribution in [-0.2, 0) is 11.3 Å². The van der Waals surface area contributed by atoms with Crippen LogP contribution < -0.4 is 10.9 Å². The third-order valence-corrected chi connectivity index (χ3v) is 5.41. The van der Waals surface area contributed by atoms with Crippen molar-refractivity contribution in [2.45, 2.75) is 13.5 Å². The Morgan fingerprint density at radius 3 is 2.29 bits per heavy atom. The smallest absolute Gasteiger partial charge is 0.411 e. The molecule has 0 radical (unpaired) electrons. The summed E-state index contributed by atoms with van der Waals surface area (Å²) in [6.45, 7) is 1.72. The standard InChI is InChI=1S/C21H14Cl2N2O6/c1-2-30-21(29)24-11-3-4-12-10(5-18(26)31-17(12)6-11)9-25-19(27)13-7-15(22)16(23)8-14(13)20(25)28/h3-8H,2,9H2,1H3,(H,24,29). The number of rotatable bonds is 4. The summed E-state index contributed by atoms with van der Waals surface area (Å²) in [6.07, 6.45) is -0.649. The molecule has 1 aliphatic rings. The van der Waals surface area contributed by atoms with Crippen LogP contribution in [-0.4, -0.2) is 29.4 Å². The molecule has 0 aliphatic carbocycles. The SMILES string of the molecule is CCOC(=O)Nc1ccc2c(CN3C(=O)c4cc(Cl)c(Cl)cc4C3=O)cc(=O)oc2c1. The maximum absolute atomic E-state index is 12.8. The summed E-state index contributed by atoms with van der Waals surface area (Å²) in [5.41, 5.74) is 0.565. The number of nitrogens with zero attached hydrogens (tertiary/aromatic N) is 1. The number of amides is 3. The number of ether oxygens (including phenoxy) is 1. The minimum absolute atomic E-state index is 0.146. The van der Waals surface area contributed by atoms with Crippen molar-refractivity contribution in [3.05, 3.63) is 73.6 Å². The van der Waals surface area contributed by atoms with E-state index in [-0.39, 0.29) is 39.9 Å². The van der Waals surface area contributed by atoms with Gasteiger partial charge in [-0.25, -0.2) is 9.59 Å². The molecule has 4 rings (SSSR count). The first-order valence-electron chi connectivity index (χ1n) is 9.14. The Morgan fingerprint density at radius 2 is 1.68 bits per heavy atom. The summed E-state index contributed by atoms with van der Waals surface area (Å²) in [4.78, 5) is 50.3. The molecule has 158 valence electrons. The van der Waals surface area contributed by atoms with Gasteiger partial charge in [0, 0.05) is 23.2 Å². The highest BCUT2D eigenvalue weighted by Crippen LogP contribution is 2.33. The first-order chi connectivity index (χ1) is 14.8. The second-order valence-electron chi connectivity index (χ2n) is 6.66. The Hall–Kier alpha value is -3.36. The third kappa shape index (κ3) is 3.87. The normalized spacial score (nSPS) is 12.9. The van der Waals surface area contributed by atoms with Gasteiger partial charge in [0.1, 0.15) is 5.58 Å². The molecule has 3 amide bonds. The molecule has 0 fully saturated rings. The highest BCUT2D eigenvalue weighted by Gasteiger charge is 2.36. The molecule has 2 heterocycles. The minimum Gasteiger partial charge on any atom is -0.450 e. The number of imide groups is 1. The number of carbonyl (C=O) groups is 3. The molecule has 1 aliphatic heterocycles. The van der Waals surface area contributed by atoms with Gasteiger partial charge in [0.05, 0.1) is 34.3 Å². The van der Waals surface area contributed by atoms with Crippen LogP contribution in [0.15, 0.2) is 45.6 Å². The monoisotopic (exact) mass is 460 g/mol. The summed E-state index contributed by atoms with van der Waals surface area (Å²) >= 11 is 12.0. The van der Waals surface area contributed by atoms with E-state index in [1.807, 2.05) is 0 Å². The molecule has 2 aromatic carbocycles. The topological polar surface area (TPSA) is 106 Å². The first kappa shape index (κ1) is 20.9. The fraction of sp³-hybridized carbons (Fsp3) is 0.143. The van der Waals surface area contributed by atoms with E-state index in [0.29, 0.717) is 16.6 Å². The van der Waals surface area contributed by atoms with Crippen LogP contribution in [0.2, 0.25) is 10.0 Å². The Bertz CT molecular complexity index is 1280. The zero-order valence-corrected chi connectivity index (χ0v) is 17.5. The highest BCUT2D eigenvalue weighted by molar-refractivity contribution is 6.43. The maximum Gasteiger partial charge on any atom is 0.411 e. The van der Waals surface area contributed by atoms with Crippen molar-refractivity contribution in [1.82, 2.24) is 4.90 Å². The predicted molar refractivity (Wildman–Crippen MR) is 114 cm³/mol. The van der Waals surface area contributed by atoms with Gasteiger partial charge in [0.15, 0.2) is 0 Å². The number of nitrogens with one attached hydrogen (secondary N) is 1. The predicted octanol–water partition coefficient (Wildman–Crippen LogP) is 4.46. The Morgan fingerprint density at radius 1 is 1.03 bits per heavy atom. The number of carbonyl (C=O) groups excluding carboxylic acids is 3. The summed E-state index contributed by atoms with van der Waals surface area (Å²) in [6, 6.07) is 8.57. The number of hydrogen-bond acceptors (Lipinski definition) is 6. The average molecular weight is 461 g/mol. The van der Waals surface area contributed by atoms with Crippen molar-refractivity contribution in [2.24, 2.45) is 0 Å². The largest absolute Gasteiger partial charge is 0.450 e. The van der Waals surface area contributed by atoms with Crippen molar-refractivity contribution in [1.29, 1.82) is 0 Å². The zero-order valence-electron chi connectivity index (χ0n) is 16.0. The number of benzene rings is 2. The number of halogens is 2. The van der Waals surface area contributed by atoms with E-state index < -0.39 is 23.5 Å². The third-order valence-electron chi connectivity index (χ3n) is 4.69. The van der Waals surface area contributed by atoms with Gasteiger partial charge in [-0.05, 0) is 36.8 Å². The van der Waals surface area contributed by atoms with Gasteiger partial charge >= 0.3 is 11.7 Å². The molecule has 0 saturated heterocycles. The van der Waals surface area contributed by atoms with Gasteiger partial charge in [0.25, 0.3) is 11.8 Å². The van der Waals surface area contributed by atoms with Gasteiger partial charge in [-0.3, -0.25) is 19.8 Å². The van der Waals surface area contributed by atoms with Gasteiger partial charge in [-0.2, -0.15) is 0 Å². The van der Waals surface area contributed by atoms with Crippen LogP contribution in [0, 0.1) is 0 Å². The second kappa shape index (κ2) is 8.05. The molecule has 1 aromatic heterocycles. The molecule has 0 bridgehead atoms. The summed E-state index contributed by atoms with van der Waals surface area (Å²) in [5.74, 6) is -1.08. The van der Waals surface area contributed by atoms with Gasteiger partial charge in [-0.15, -0.1) is 0 Å². The lowest BCUT2D eigenvalue weighted by atomic mass is 10.1. The van der Waals surface area contributed by atoms with Gasteiger partial charge in [0.2, 0.25) is 0 Å². The molecule has 0 spiro atoms. The maximum atomic E-state index is 12.8. The van der Waals surface area contributed by atoms with Crippen LogP contribution in [0.4, 0.5) is 10.5 Å². The van der Waals surface area contributed by atoms with Crippen LogP contribution in [0.1, 0.15) is 33.2 Å². The van der Waals surface area contributed by atoms with Gasteiger partial charge in [-0.1, -0.05) is 23.2 Å². The van der Waals surface area contributed by atoms with Crippen molar-refractivity contribution in [3.63, 3.8) is 0 Å². The van der Waals surface area contributed by atoms with Crippen LogP contribution in [0.5, 0.6) is 0 Å². The molecule has 0 unspecified atom stereocenters. The number of hydrogen-bond donors (Lipinski definition) is 1. The lowest BCUT2D eigenvalue weighted by Gasteiger charge is -2.15. The van der Waals surface area contributed by atoms with Crippen molar-refractivity contribution in [2.75, 3.05) is 11.9 Å². The molecule has 0 atom stereocenters. The molecular weight excluding hydrogens is 447 g/mol. The quantitative estimate of drug-likeness (QED) is 0.454. The van der Waals surface area contributed by atoms with E-state index in [1.54, 1.807) is 19.1 Å². The van der Waals surface area contributed by atoms with E-state index in [0.717, 1.165) is 4.90 Å². The zero-order chi connectivity index (χ0) is 22.3. The Balaban J connectivity index is 1.69. The summed E-state index contributed by atoms with van der Waals surface area (Å²) in [5, 5.41) is 3.34. The fourth-order valence-electron chi connectivity index (χ4n) is 3.32. The van der Waals surface area contributed by atoms with Crippen molar-refractivity contribution >= 4 is 57.8 Å². The molecule has 31 heavy (non-hydrogen) atoms. The van der Waals surface area contributed by atoms with Crippen LogP contribution in [0.3, 0.4) is 0 Å². The molecule has 0 saturated carbocycles. The number of fused-ring (bicyclic) bond motifs is 2. The molecule has 1 N–H and O–H groups in total. The average Bonchev–Trinajstić information content (AvgIpc) is 2.92. The lowest BCUT2D eigenvalue weighted by Crippen LogP contribution is -2.29. The second-order valence-corrected chi connectivity index (χ2v) is 7.47. The van der Waals surface area contributed by atoms with E-state index in [2.05, 4.69) is 5.32 Å². The molecular formula is C21H14Cl2N2O6. The van der Waals surface area contributed by atoms with E-state index in [9.17, 15) is 19.2 Å². The number of anilines is 1. The minimum atomic E-state index is -0.668. The molecule has 3 aromatic rings. The van der Waals surface area contributed by atoms with Crippen molar-refractivity contribution < 1.29 is 23.5 Å². The van der Waals surface area contributed by atoms with E-state index >= 15 is 0 Å². The van der Waals surface area contributed by atoms with E-state index in [1.165, 1.54) is 24.3 Å². The fourth-order valence-corrected chi connectivity index (χ4v) is 3.65. The first-order valence-corrected chi connectivity index (χ1v) is 9.90. The van der Waals surface area contributed by atoms with Crippen LogP contribution in [0.25, 0.3) is 11.0 Å². The summed E-state index contributed by atoms with van der Waals surface area (Å²) < 4.78 is 10.0. The van der Waals surface area contributed by atoms with Crippen molar-refractivity contribution in [3.8, 4) is 0 Å². The Kier molecular flexibility index (Phi) is 5.43. The van der Waals surface area contributed by atoms with Crippen LogP contribution >= 0.6 is 23.2 Å². The lowest BCUT2D eigenvalue weighted by molar-refractivity contribution is 0.0642. The van der Waals surface area contributed by atoms with Gasteiger partial charge < -0.3 is 9.15 Å². The molecule has 8 nitrogen and oxygen atoms in total. The summed E-state index contributed by atoms with van der Waals surface area (Å²) in [7, 11) is 0. The molecule has 10 heteroatoms. The Labute approximate surface area is 185 Å².